The fraction of sp³-hybridized carbons (Fsp3) is 0.0476. The van der Waals surface area contributed by atoms with Crippen molar-refractivity contribution in [3.8, 4) is 45.6 Å². The van der Waals surface area contributed by atoms with Crippen LogP contribution >= 0.6 is 0 Å². The first-order valence-electron chi connectivity index (χ1n) is 17.1. The van der Waals surface area contributed by atoms with Gasteiger partial charge in [0.2, 0.25) is 0 Å². The van der Waals surface area contributed by atoms with Crippen molar-refractivity contribution in [2.75, 3.05) is 6.54 Å². The molecule has 54 heavy (non-hydrogen) atoms. The van der Waals surface area contributed by atoms with Crippen LogP contribution in [0.3, 0.4) is 0 Å². The molecule has 3 aromatic heterocycles. The minimum Gasteiger partial charge on any atom is -0.357 e. The minimum absolute atomic E-state index is 0. The molecular weight excluding hydrogens is 726 g/mol. The van der Waals surface area contributed by atoms with E-state index in [-0.39, 0.29) is 28.9 Å². The fourth-order valence-electron chi connectivity index (χ4n) is 6.98. The largest absolute Gasteiger partial charge is 0.357 e. The van der Waals surface area contributed by atoms with Gasteiger partial charge in [0, 0.05) is 68.5 Å². The summed E-state index contributed by atoms with van der Waals surface area (Å²) in [6.45, 7) is 2.23. The molecule has 0 saturated heterocycles. The molecule has 0 fully saturated rings. The summed E-state index contributed by atoms with van der Waals surface area (Å²) in [6, 6.07) is 38.7. The van der Waals surface area contributed by atoms with Crippen LogP contribution in [0.4, 0.5) is 0 Å². The van der Waals surface area contributed by atoms with Gasteiger partial charge in [-0.1, -0.05) is 109 Å². The van der Waals surface area contributed by atoms with Crippen LogP contribution in [0.2, 0.25) is 0 Å². The molecule has 11 rings (SSSR count). The quantitative estimate of drug-likeness (QED) is 0.123. The van der Waals surface area contributed by atoms with Crippen LogP contribution in [0.25, 0.3) is 89.7 Å². The van der Waals surface area contributed by atoms with Crippen molar-refractivity contribution >= 4 is 55.9 Å². The predicted octanol–water partition coefficient (Wildman–Crippen LogP) is 7.43. The van der Waals surface area contributed by atoms with Crippen LogP contribution in [-0.4, -0.2) is 53.2 Å². The molecule has 2 amide bonds. The third-order valence-electron chi connectivity index (χ3n) is 9.52. The van der Waals surface area contributed by atoms with Crippen LogP contribution in [0.5, 0.6) is 0 Å². The Kier molecular flexibility index (Phi) is 7.92. The Morgan fingerprint density at radius 2 is 0.667 bits per heavy atom. The van der Waals surface area contributed by atoms with E-state index in [0.29, 0.717) is 63.6 Å². The number of benzene rings is 5. The van der Waals surface area contributed by atoms with Gasteiger partial charge in [-0.25, -0.2) is 9.97 Å². The van der Waals surface area contributed by atoms with Crippen LogP contribution in [0.1, 0.15) is 27.6 Å². The van der Waals surface area contributed by atoms with E-state index in [9.17, 15) is 9.59 Å². The van der Waals surface area contributed by atoms with E-state index in [2.05, 4.69) is 0 Å². The number of carbonyl (C=O) groups excluding carboxylic acids is 2. The van der Waals surface area contributed by atoms with E-state index in [0.717, 1.165) is 43.8 Å². The molecule has 0 aliphatic carbocycles. The summed E-state index contributed by atoms with van der Waals surface area (Å²) >= 11 is 0. The number of imide groups is 1. The Morgan fingerprint density at radius 3 is 0.944 bits per heavy atom. The zero-order valence-corrected chi connectivity index (χ0v) is 29.3. The second-order valence-electron chi connectivity index (χ2n) is 12.6. The van der Waals surface area contributed by atoms with Gasteiger partial charge in [0.1, 0.15) is 0 Å². The Morgan fingerprint density at radius 1 is 0.407 bits per heavy atom. The molecule has 12 heteroatoms. The molecule has 0 unspecified atom stereocenters. The zero-order valence-electron chi connectivity index (χ0n) is 28.4. The van der Waals surface area contributed by atoms with Crippen molar-refractivity contribution in [3.63, 3.8) is 0 Å². The third-order valence-corrected chi connectivity index (χ3v) is 9.52. The second-order valence-corrected chi connectivity index (χ2v) is 12.6. The molecule has 5 aromatic carbocycles. The summed E-state index contributed by atoms with van der Waals surface area (Å²) in [4.78, 5) is 63.6. The summed E-state index contributed by atoms with van der Waals surface area (Å²) in [7, 11) is 0. The summed E-state index contributed by atoms with van der Waals surface area (Å²) in [6.07, 6.45) is 0. The van der Waals surface area contributed by atoms with Gasteiger partial charge in [-0.05, 0) is 40.6 Å². The van der Waals surface area contributed by atoms with Gasteiger partial charge >= 0.3 is 0 Å². The average Bonchev–Trinajstić information content (AvgIpc) is 3.98. The van der Waals surface area contributed by atoms with E-state index < -0.39 is 0 Å². The maximum atomic E-state index is 11.5. The standard InChI is InChI=1S/C32H16N8.C10H9NO2.Cu/c1-2-10-18-17(9-1)25-33-26(18)38-28-21-13-5-6-14-22(21)30(35-28)40-32-24-16-8-7-15-23(24)31(36-32)39-29-20-12-4-3-11-19(20)27(34-29)37-25;1-2-11-9(12)7-5-3-4-6-8(7)10(11)13;/h1-16H;3-6H,2H2,1H3;/q-2;;. The molecule has 0 N–H and O–H groups in total. The smallest absolute Gasteiger partial charge is 0.261 e. The summed E-state index contributed by atoms with van der Waals surface area (Å²) in [5.41, 5.74) is 6.83. The van der Waals surface area contributed by atoms with E-state index in [1.807, 2.05) is 97.1 Å². The third kappa shape index (κ3) is 5.19. The van der Waals surface area contributed by atoms with Crippen molar-refractivity contribution in [1.29, 1.82) is 0 Å². The van der Waals surface area contributed by atoms with Crippen LogP contribution in [-0.2, 0) is 17.1 Å². The first kappa shape index (κ1) is 33.0. The topological polar surface area (TPSA) is 143 Å². The van der Waals surface area contributed by atoms with Gasteiger partial charge in [0.25, 0.3) is 11.8 Å². The predicted molar refractivity (Wildman–Crippen MR) is 201 cm³/mol. The molecule has 263 valence electrons. The molecule has 8 aromatic rings. The van der Waals surface area contributed by atoms with Crippen LogP contribution < -0.4 is 9.97 Å². The monoisotopic (exact) mass is 750 g/mol. The van der Waals surface area contributed by atoms with E-state index in [4.69, 9.17) is 39.9 Å². The van der Waals surface area contributed by atoms with Crippen LogP contribution in [0.15, 0.2) is 121 Å². The molecule has 0 saturated carbocycles. The number of nitrogens with zero attached hydrogens (tertiary/aromatic N) is 9. The number of aromatic nitrogens is 8. The Balaban J connectivity index is 0.000000234. The molecule has 11 nitrogen and oxygen atoms in total. The van der Waals surface area contributed by atoms with Gasteiger partial charge in [-0.3, -0.25) is 14.5 Å². The van der Waals surface area contributed by atoms with Crippen molar-refractivity contribution < 1.29 is 26.7 Å². The molecule has 3 aliphatic heterocycles. The second kappa shape index (κ2) is 13.0. The molecule has 1 radical (unpaired) electrons. The molecule has 0 atom stereocenters. The van der Waals surface area contributed by atoms with Crippen LogP contribution in [0, 0.1) is 0 Å². The number of fused-ring (bicyclic) bond motifs is 21. The summed E-state index contributed by atoms with van der Waals surface area (Å²) in [5, 5.41) is 3.57. The van der Waals surface area contributed by atoms with Gasteiger partial charge in [-0.2, -0.15) is 0 Å². The van der Waals surface area contributed by atoms with Gasteiger partial charge in [0.15, 0.2) is 0 Å². The molecule has 3 aliphatic rings. The Hall–Kier alpha value is -6.88. The van der Waals surface area contributed by atoms with E-state index in [1.165, 1.54) is 4.90 Å². The van der Waals surface area contributed by atoms with Gasteiger partial charge in [-0.15, -0.1) is 0 Å². The Bertz CT molecular complexity index is 2670. The average molecular weight is 751 g/mol. The minimum atomic E-state index is -0.178. The number of hydrogen-bond acceptors (Lipinski definition) is 8. The Labute approximate surface area is 317 Å². The van der Waals surface area contributed by atoms with E-state index in [1.54, 1.807) is 31.2 Å². The normalized spacial score (nSPS) is 12.5. The first-order chi connectivity index (χ1) is 26.1. The van der Waals surface area contributed by atoms with Crippen molar-refractivity contribution in [1.82, 2.24) is 44.8 Å². The molecule has 8 bridgehead atoms. The number of carbonyl (C=O) groups is 2. The van der Waals surface area contributed by atoms with Crippen molar-refractivity contribution in [2.45, 2.75) is 6.92 Å². The van der Waals surface area contributed by atoms with Gasteiger partial charge < -0.3 is 29.9 Å². The van der Waals surface area contributed by atoms with Gasteiger partial charge in [0.05, 0.1) is 34.4 Å². The number of rotatable bonds is 1. The summed E-state index contributed by atoms with van der Waals surface area (Å²) < 4.78 is 0. The molecule has 6 heterocycles. The first-order valence-corrected chi connectivity index (χ1v) is 17.1. The summed E-state index contributed by atoms with van der Waals surface area (Å²) in [5.74, 6) is 1.85. The molecular formula is C42H25CuN9O2-2. The zero-order chi connectivity index (χ0) is 35.6. The van der Waals surface area contributed by atoms with E-state index >= 15 is 0 Å². The maximum Gasteiger partial charge on any atom is 0.261 e. The number of amides is 2. The number of hydrogen-bond donors (Lipinski definition) is 0. The van der Waals surface area contributed by atoms with Crippen molar-refractivity contribution in [2.24, 2.45) is 0 Å². The van der Waals surface area contributed by atoms with Crippen molar-refractivity contribution in [3.05, 3.63) is 132 Å². The maximum absolute atomic E-state index is 11.5. The molecule has 0 spiro atoms. The fourth-order valence-corrected chi connectivity index (χ4v) is 6.98. The SMILES string of the molecule is CCN1C(=O)c2ccccc2C1=O.[Cu].c1ccc2c(c1)-c1nc-2nc2[n-]c(nc3nc(nc4[n-]c(n1)c1ccccc41)-c1ccccc1-3)c1ccccc21.